The van der Waals surface area contributed by atoms with E-state index in [9.17, 15) is 10.2 Å². The van der Waals surface area contributed by atoms with Crippen molar-refractivity contribution in [1.82, 2.24) is 4.98 Å². The summed E-state index contributed by atoms with van der Waals surface area (Å²) >= 11 is 0. The number of aromatic nitrogens is 1. The number of pyridine rings is 1. The molecule has 4 atom stereocenters. The molecule has 4 unspecified atom stereocenters. The first-order valence-corrected chi connectivity index (χ1v) is 11.3. The Bertz CT molecular complexity index is 962. The van der Waals surface area contributed by atoms with Crippen molar-refractivity contribution in [3.63, 3.8) is 0 Å². The topological polar surface area (TPSA) is 53.4 Å². The van der Waals surface area contributed by atoms with Crippen LogP contribution in [0.5, 0.6) is 0 Å². The number of aliphatic hydroxyl groups excluding tert-OH is 2. The van der Waals surface area contributed by atoms with Gasteiger partial charge in [-0.15, -0.1) is 35.9 Å². The summed E-state index contributed by atoms with van der Waals surface area (Å²) in [5.74, 6) is 0.789. The molecule has 0 amide bonds. The Kier molecular flexibility index (Phi) is 8.80. The van der Waals surface area contributed by atoms with Gasteiger partial charge in [0.25, 0.3) is 0 Å². The van der Waals surface area contributed by atoms with Gasteiger partial charge in [-0.05, 0) is 60.6 Å². The zero-order chi connectivity index (χ0) is 20.9. The molecule has 3 nitrogen and oxygen atoms in total. The first kappa shape index (κ1) is 24.1. The molecule has 3 aromatic rings. The summed E-state index contributed by atoms with van der Waals surface area (Å²) in [5, 5.41) is 22.2. The van der Waals surface area contributed by atoms with Crippen LogP contribution >= 0.6 is 0 Å². The van der Waals surface area contributed by atoms with Crippen LogP contribution in [0.4, 0.5) is 0 Å². The van der Waals surface area contributed by atoms with Crippen LogP contribution in [-0.4, -0.2) is 27.4 Å². The number of hydrogen-bond donors (Lipinski definition) is 2. The third-order valence-electron chi connectivity index (χ3n) is 6.80. The Morgan fingerprint density at radius 3 is 2.42 bits per heavy atom. The SMILES string of the molecule is Cc1cccc2cnc(-c3[c-]cccc3)cc12.OC1CCCCC2CCCC(O)C12.[Ir]. The van der Waals surface area contributed by atoms with Gasteiger partial charge in [0, 0.05) is 32.2 Å². The first-order chi connectivity index (χ1) is 14.6. The molecule has 0 spiro atoms. The van der Waals surface area contributed by atoms with Gasteiger partial charge in [-0.1, -0.05) is 43.5 Å². The van der Waals surface area contributed by atoms with E-state index in [4.69, 9.17) is 0 Å². The molecule has 1 radical (unpaired) electrons. The molecular formula is C27H32IrNO2-. The van der Waals surface area contributed by atoms with Crippen molar-refractivity contribution in [1.29, 1.82) is 0 Å². The summed E-state index contributed by atoms with van der Waals surface area (Å²) in [6.45, 7) is 2.13. The summed E-state index contributed by atoms with van der Waals surface area (Å²) in [5.41, 5.74) is 3.30. The molecule has 2 saturated carbocycles. The molecule has 31 heavy (non-hydrogen) atoms. The van der Waals surface area contributed by atoms with Crippen molar-refractivity contribution >= 4 is 10.8 Å². The predicted octanol–water partition coefficient (Wildman–Crippen LogP) is 5.71. The molecule has 1 heterocycles. The molecule has 0 saturated heterocycles. The molecular weight excluding hydrogens is 563 g/mol. The first-order valence-electron chi connectivity index (χ1n) is 11.3. The van der Waals surface area contributed by atoms with Gasteiger partial charge in [0.2, 0.25) is 0 Å². The van der Waals surface area contributed by atoms with Crippen molar-refractivity contribution in [2.45, 2.75) is 64.1 Å². The van der Waals surface area contributed by atoms with E-state index in [1.54, 1.807) is 0 Å². The van der Waals surface area contributed by atoms with E-state index in [-0.39, 0.29) is 38.2 Å². The summed E-state index contributed by atoms with van der Waals surface area (Å²) in [4.78, 5) is 4.49. The van der Waals surface area contributed by atoms with Gasteiger partial charge in [-0.25, -0.2) is 0 Å². The summed E-state index contributed by atoms with van der Waals surface area (Å²) in [7, 11) is 0. The molecule has 0 aliphatic heterocycles. The van der Waals surface area contributed by atoms with Crippen LogP contribution in [-0.2, 0) is 20.1 Å². The molecule has 2 aliphatic carbocycles. The Hall–Kier alpha value is -1.58. The van der Waals surface area contributed by atoms with Crippen LogP contribution in [0.2, 0.25) is 0 Å². The Labute approximate surface area is 199 Å². The van der Waals surface area contributed by atoms with Gasteiger partial charge in [0.1, 0.15) is 0 Å². The molecule has 1 aromatic heterocycles. The van der Waals surface area contributed by atoms with E-state index >= 15 is 0 Å². The van der Waals surface area contributed by atoms with E-state index in [0.29, 0.717) is 5.92 Å². The molecule has 2 fully saturated rings. The molecule has 2 aliphatic rings. The minimum absolute atomic E-state index is 0. The third kappa shape index (κ3) is 5.81. The number of hydrogen-bond acceptors (Lipinski definition) is 3. The van der Waals surface area contributed by atoms with Gasteiger partial charge < -0.3 is 15.2 Å². The molecule has 167 valence electrons. The standard InChI is InChI=1S/C16H12N.C11H20O2.Ir/c1-12-6-5-9-14-11-17-16(10-15(12)14)13-7-3-2-4-8-13;12-9-6-2-1-4-8-5-3-7-10(13)11(8)9;/h2-7,9-11H,1H3;8-13H,1-7H2;/q-1;;. The smallest absolute Gasteiger partial charge is 0.0595 e. The van der Waals surface area contributed by atoms with E-state index in [0.717, 1.165) is 36.9 Å². The average Bonchev–Trinajstić information content (AvgIpc) is 2.97. The average molecular weight is 595 g/mol. The van der Waals surface area contributed by atoms with Gasteiger partial charge in [-0.2, -0.15) is 0 Å². The van der Waals surface area contributed by atoms with E-state index in [1.165, 1.54) is 35.6 Å². The minimum Gasteiger partial charge on any atom is -0.393 e. The van der Waals surface area contributed by atoms with Crippen LogP contribution < -0.4 is 0 Å². The van der Waals surface area contributed by atoms with Gasteiger partial charge in [0.05, 0.1) is 12.2 Å². The fraction of sp³-hybridized carbons (Fsp3) is 0.444. The number of aryl methyl sites for hydroxylation is 1. The van der Waals surface area contributed by atoms with Crippen LogP contribution in [0.15, 0.2) is 54.7 Å². The largest absolute Gasteiger partial charge is 0.393 e. The predicted molar refractivity (Wildman–Crippen MR) is 122 cm³/mol. The zero-order valence-electron chi connectivity index (χ0n) is 18.1. The normalized spacial score (nSPS) is 25.4. The fourth-order valence-electron chi connectivity index (χ4n) is 5.17. The maximum Gasteiger partial charge on any atom is 0.0595 e. The van der Waals surface area contributed by atoms with Crippen molar-refractivity contribution in [3.05, 3.63) is 66.4 Å². The number of nitrogens with zero attached hydrogens (tertiary/aromatic N) is 1. The second kappa shape index (κ2) is 11.3. The van der Waals surface area contributed by atoms with Crippen molar-refractivity contribution in [3.8, 4) is 11.3 Å². The summed E-state index contributed by atoms with van der Waals surface area (Å²) < 4.78 is 0. The second-order valence-corrected chi connectivity index (χ2v) is 8.83. The van der Waals surface area contributed by atoms with Crippen LogP contribution in [0.1, 0.15) is 50.5 Å². The van der Waals surface area contributed by atoms with Crippen molar-refractivity contribution < 1.29 is 30.3 Å². The molecule has 4 heteroatoms. The molecule has 2 N–H and O–H groups in total. The maximum absolute atomic E-state index is 9.89. The van der Waals surface area contributed by atoms with Gasteiger partial charge in [0.15, 0.2) is 0 Å². The Morgan fingerprint density at radius 1 is 0.903 bits per heavy atom. The van der Waals surface area contributed by atoms with E-state index in [2.05, 4.69) is 42.2 Å². The van der Waals surface area contributed by atoms with Crippen LogP contribution in [0, 0.1) is 24.8 Å². The van der Waals surface area contributed by atoms with E-state index < -0.39 is 0 Å². The van der Waals surface area contributed by atoms with E-state index in [1.807, 2.05) is 30.5 Å². The number of aliphatic hydroxyl groups is 2. The summed E-state index contributed by atoms with van der Waals surface area (Å²) in [6, 6.07) is 19.5. The number of benzene rings is 2. The number of rotatable bonds is 1. The maximum atomic E-state index is 9.89. The Balaban J connectivity index is 0.000000176. The van der Waals surface area contributed by atoms with Gasteiger partial charge in [-0.3, -0.25) is 0 Å². The third-order valence-corrected chi connectivity index (χ3v) is 6.80. The van der Waals surface area contributed by atoms with Crippen molar-refractivity contribution in [2.75, 3.05) is 0 Å². The zero-order valence-corrected chi connectivity index (χ0v) is 20.5. The minimum atomic E-state index is -0.234. The molecule has 0 bridgehead atoms. The van der Waals surface area contributed by atoms with Crippen LogP contribution in [0.25, 0.3) is 22.0 Å². The Morgan fingerprint density at radius 2 is 1.65 bits per heavy atom. The van der Waals surface area contributed by atoms with Crippen LogP contribution in [0.3, 0.4) is 0 Å². The molecule has 2 aromatic carbocycles. The fourth-order valence-corrected chi connectivity index (χ4v) is 5.17. The van der Waals surface area contributed by atoms with Gasteiger partial charge >= 0.3 is 0 Å². The number of fused-ring (bicyclic) bond motifs is 2. The summed E-state index contributed by atoms with van der Waals surface area (Å²) in [6.07, 6.45) is 9.24. The molecule has 5 rings (SSSR count). The monoisotopic (exact) mass is 595 g/mol. The quantitative estimate of drug-likeness (QED) is 0.355. The second-order valence-electron chi connectivity index (χ2n) is 8.83. The van der Waals surface area contributed by atoms with Crippen molar-refractivity contribution in [2.24, 2.45) is 11.8 Å².